The Kier molecular flexibility index (Phi) is 4.99. The fourth-order valence-corrected chi connectivity index (χ4v) is 4.11. The van der Waals surface area contributed by atoms with Crippen molar-refractivity contribution in [3.05, 3.63) is 35.7 Å². The third-order valence-corrected chi connectivity index (χ3v) is 5.45. The summed E-state index contributed by atoms with van der Waals surface area (Å²) >= 11 is 1.22. The van der Waals surface area contributed by atoms with Crippen molar-refractivity contribution in [3.8, 4) is 0 Å². The molecule has 11 heteroatoms. The number of β-lactam (4-membered cyclic amide) rings is 1. The van der Waals surface area contributed by atoms with Crippen molar-refractivity contribution in [1.82, 2.24) is 15.2 Å². The van der Waals surface area contributed by atoms with Gasteiger partial charge in [0.05, 0.1) is 29.5 Å². The smallest absolute Gasteiger partial charge is 0.543 e. The molecule has 2 aliphatic heterocycles. The number of hydrogen-bond acceptors (Lipinski definition) is 8. The number of carboxylic acids is 1. The first-order chi connectivity index (χ1) is 14.4. The van der Waals surface area contributed by atoms with E-state index >= 15 is 0 Å². The standard InChI is InChI=1S/C15H15N3O5S2.Na/c19-5-8-6-25-14-11(13(21)18(14)12(8)15(22)23)17-10(20)7-24-9-1-3-16-4-2-9;/h1-4,11,14,19H,5-7H2,(H,17,20)(H,22,23);/q;+1/p-1/t11-,14-;/m1./s1/i1D,2D,3D,4D,7D2;. The molecule has 132 valence electrons. The first-order valence-electron chi connectivity index (χ1n) is 9.84. The second kappa shape index (κ2) is 9.25. The Balaban J connectivity index is 0.00000363. The zero-order valence-electron chi connectivity index (χ0n) is 19.4. The summed E-state index contributed by atoms with van der Waals surface area (Å²) in [6.07, 6.45) is -1.30. The van der Waals surface area contributed by atoms with E-state index in [-0.39, 0.29) is 52.6 Å². The Morgan fingerprint density at radius 2 is 2.23 bits per heavy atom. The molecule has 1 saturated heterocycles. The molecule has 2 aliphatic rings. The van der Waals surface area contributed by atoms with E-state index in [4.69, 9.17) is 8.22 Å². The van der Waals surface area contributed by atoms with E-state index in [9.17, 15) is 24.6 Å². The third-order valence-electron chi connectivity index (χ3n) is 3.41. The van der Waals surface area contributed by atoms with Crippen LogP contribution in [0.1, 0.15) is 8.22 Å². The molecule has 3 rings (SSSR count). The summed E-state index contributed by atoms with van der Waals surface area (Å²) < 4.78 is 46.6. The minimum absolute atomic E-state index is 0. The molecule has 26 heavy (non-hydrogen) atoms. The molecule has 2 amide bonds. The van der Waals surface area contributed by atoms with E-state index in [0.29, 0.717) is 0 Å². The maximum Gasteiger partial charge on any atom is 1.00 e. The SMILES string of the molecule is [2H]c1nc([2H])c([2H])c(SC([2H])([2H])C(=O)N[C@@H]2C(=O)N3C(C(=O)[O-])=C(CO)CS[C@H]23)c1[2H].[Na+]. The monoisotopic (exact) mass is 409 g/mol. The number of fused-ring (bicyclic) bond motifs is 1. The minimum atomic E-state index is -2.78. The molecule has 0 radical (unpaired) electrons. The Labute approximate surface area is 188 Å². The quantitative estimate of drug-likeness (QED) is 0.274. The molecule has 2 atom stereocenters. The van der Waals surface area contributed by atoms with Crippen LogP contribution in [0.15, 0.2) is 40.6 Å². The summed E-state index contributed by atoms with van der Waals surface area (Å²) in [5.41, 5.74) is -3.17. The van der Waals surface area contributed by atoms with Crippen LogP contribution in [0.3, 0.4) is 0 Å². The van der Waals surface area contributed by atoms with Crippen molar-refractivity contribution in [1.29, 1.82) is 0 Å². The largest absolute Gasteiger partial charge is 1.00 e. The maximum atomic E-state index is 12.5. The van der Waals surface area contributed by atoms with Crippen LogP contribution >= 0.6 is 23.5 Å². The van der Waals surface area contributed by atoms with E-state index in [1.807, 2.05) is 0 Å². The molecular formula is C15H14N3NaO5S2. The molecule has 2 N–H and O–H groups in total. The summed E-state index contributed by atoms with van der Waals surface area (Å²) in [4.78, 5) is 40.1. The van der Waals surface area contributed by atoms with Crippen molar-refractivity contribution < 1.29 is 62.4 Å². The number of thioether (sulfide) groups is 2. The number of nitrogens with zero attached hydrogens (tertiary/aromatic N) is 2. The van der Waals surface area contributed by atoms with Crippen LogP contribution in [0.2, 0.25) is 0 Å². The molecule has 0 unspecified atom stereocenters. The Hall–Kier alpha value is -1.04. The van der Waals surface area contributed by atoms with E-state index in [0.717, 1.165) is 16.7 Å². The van der Waals surface area contributed by atoms with Gasteiger partial charge in [-0.25, -0.2) is 0 Å². The van der Waals surface area contributed by atoms with Gasteiger partial charge in [0, 0.05) is 25.7 Å². The average molecular weight is 409 g/mol. The minimum Gasteiger partial charge on any atom is -0.543 e. The number of rotatable bonds is 6. The van der Waals surface area contributed by atoms with Gasteiger partial charge in [-0.05, 0) is 17.7 Å². The van der Waals surface area contributed by atoms with Crippen LogP contribution in [0, 0.1) is 0 Å². The number of pyridine rings is 1. The number of aromatic nitrogens is 1. The number of carbonyl (C=O) groups is 3. The van der Waals surface area contributed by atoms with E-state index < -0.39 is 76.5 Å². The predicted molar refractivity (Wildman–Crippen MR) is 89.1 cm³/mol. The molecule has 1 fully saturated rings. The number of nitrogens with one attached hydrogen (secondary N) is 1. The first kappa shape index (κ1) is 14.0. The van der Waals surface area contributed by atoms with E-state index in [2.05, 4.69) is 10.3 Å². The third kappa shape index (κ3) is 4.26. The number of amides is 2. The molecule has 0 saturated carbocycles. The van der Waals surface area contributed by atoms with Crippen LogP contribution in [0.25, 0.3) is 0 Å². The molecule has 1 aromatic rings. The molecule has 3 heterocycles. The Morgan fingerprint density at radius 1 is 1.54 bits per heavy atom. The zero-order chi connectivity index (χ0) is 23.2. The van der Waals surface area contributed by atoms with Gasteiger partial charge in [0.2, 0.25) is 5.91 Å². The van der Waals surface area contributed by atoms with Gasteiger partial charge in [-0.1, -0.05) is 0 Å². The number of aliphatic carboxylic acids is 1. The molecule has 0 spiro atoms. The van der Waals surface area contributed by atoms with Crippen LogP contribution in [0.4, 0.5) is 0 Å². The zero-order valence-corrected chi connectivity index (χ0v) is 17.0. The van der Waals surface area contributed by atoms with Crippen molar-refractivity contribution in [2.24, 2.45) is 0 Å². The summed E-state index contributed by atoms with van der Waals surface area (Å²) in [5, 5.41) is 22.0. The van der Waals surface area contributed by atoms with E-state index in [1.165, 1.54) is 0 Å². The summed E-state index contributed by atoms with van der Waals surface area (Å²) in [7, 11) is 0. The maximum absolute atomic E-state index is 12.5. The van der Waals surface area contributed by atoms with Crippen LogP contribution in [-0.4, -0.2) is 62.3 Å². The number of aliphatic hydroxyl groups excluding tert-OH is 1. The van der Waals surface area contributed by atoms with Gasteiger partial charge in [-0.2, -0.15) is 0 Å². The molecular weight excluding hydrogens is 389 g/mol. The number of carbonyl (C=O) groups excluding carboxylic acids is 3. The first-order valence-corrected chi connectivity index (χ1v) is 8.70. The number of aliphatic hydroxyl groups is 1. The van der Waals surface area contributed by atoms with Crippen molar-refractivity contribution >= 4 is 41.3 Å². The van der Waals surface area contributed by atoms with Crippen molar-refractivity contribution in [3.63, 3.8) is 0 Å². The van der Waals surface area contributed by atoms with Gasteiger partial charge in [0.25, 0.3) is 5.91 Å². The molecule has 0 aromatic carbocycles. The number of carboxylic acid groups (broad SMARTS) is 1. The average Bonchev–Trinajstić information content (AvgIpc) is 2.71. The van der Waals surface area contributed by atoms with Crippen molar-refractivity contribution in [2.75, 3.05) is 18.1 Å². The van der Waals surface area contributed by atoms with E-state index in [1.54, 1.807) is 0 Å². The molecule has 1 aromatic heterocycles. The van der Waals surface area contributed by atoms with Gasteiger partial charge >= 0.3 is 29.6 Å². The summed E-state index contributed by atoms with van der Waals surface area (Å²) in [6, 6.07) is -2.46. The van der Waals surface area contributed by atoms with Gasteiger partial charge in [0.1, 0.15) is 11.4 Å². The number of hydrogen-bond donors (Lipinski definition) is 2. The van der Waals surface area contributed by atoms with Crippen LogP contribution in [-0.2, 0) is 14.4 Å². The van der Waals surface area contributed by atoms with Crippen molar-refractivity contribution in [2.45, 2.75) is 16.3 Å². The van der Waals surface area contributed by atoms with Crippen LogP contribution < -0.4 is 40.0 Å². The van der Waals surface area contributed by atoms with Crippen LogP contribution in [0.5, 0.6) is 0 Å². The summed E-state index contributed by atoms with van der Waals surface area (Å²) in [5.74, 6) is -3.66. The second-order valence-electron chi connectivity index (χ2n) is 4.88. The molecule has 8 nitrogen and oxygen atoms in total. The Bertz CT molecular complexity index is 1000. The predicted octanol–water partition coefficient (Wildman–Crippen LogP) is -4.43. The Morgan fingerprint density at radius 3 is 2.85 bits per heavy atom. The topological polar surface area (TPSA) is 123 Å². The fraction of sp³-hybridized carbons (Fsp3) is 0.333. The second-order valence-corrected chi connectivity index (χ2v) is 6.80. The van der Waals surface area contributed by atoms with Gasteiger partial charge in [-0.3, -0.25) is 19.5 Å². The normalized spacial score (nSPS) is 25.3. The van der Waals surface area contributed by atoms with Gasteiger partial charge in [-0.15, -0.1) is 23.5 Å². The van der Waals surface area contributed by atoms with Gasteiger partial charge in [0.15, 0.2) is 0 Å². The molecule has 0 aliphatic carbocycles. The fourth-order valence-electron chi connectivity index (χ4n) is 2.33. The van der Waals surface area contributed by atoms with Gasteiger partial charge < -0.3 is 20.3 Å². The molecule has 0 bridgehead atoms. The summed E-state index contributed by atoms with van der Waals surface area (Å²) in [6.45, 7) is -0.587.